The summed E-state index contributed by atoms with van der Waals surface area (Å²) < 4.78 is 0. The van der Waals surface area contributed by atoms with E-state index in [0.29, 0.717) is 0 Å². The van der Waals surface area contributed by atoms with Crippen molar-refractivity contribution >= 4 is 0 Å². The van der Waals surface area contributed by atoms with E-state index in [0.717, 1.165) is 38.6 Å². The molecule has 1 aliphatic rings. The van der Waals surface area contributed by atoms with Crippen LogP contribution in [-0.2, 0) is 6.54 Å². The molecule has 1 fully saturated rings. The van der Waals surface area contributed by atoms with Crippen molar-refractivity contribution in [3.63, 3.8) is 0 Å². The maximum absolute atomic E-state index is 6.16. The van der Waals surface area contributed by atoms with E-state index in [9.17, 15) is 0 Å². The number of likely N-dealkylation sites (tertiary alicyclic amines) is 1. The largest absolute Gasteiger partial charge is 0.329 e. The summed E-state index contributed by atoms with van der Waals surface area (Å²) in [5.41, 5.74) is 7.73. The van der Waals surface area contributed by atoms with E-state index < -0.39 is 0 Å². The summed E-state index contributed by atoms with van der Waals surface area (Å²) in [7, 11) is 2.25. The number of benzene rings is 1. The van der Waals surface area contributed by atoms with Crippen molar-refractivity contribution in [1.82, 2.24) is 9.80 Å². The van der Waals surface area contributed by atoms with Gasteiger partial charge in [-0.25, -0.2) is 0 Å². The van der Waals surface area contributed by atoms with Crippen molar-refractivity contribution in [2.75, 3.05) is 33.2 Å². The lowest BCUT2D eigenvalue weighted by atomic mass is 9.95. The van der Waals surface area contributed by atoms with Gasteiger partial charge in [-0.1, -0.05) is 44.2 Å². The van der Waals surface area contributed by atoms with Crippen molar-refractivity contribution in [2.45, 2.75) is 38.8 Å². The predicted molar refractivity (Wildman–Crippen MR) is 90.2 cm³/mol. The maximum Gasteiger partial charge on any atom is 0.0467 e. The molecule has 2 rings (SSSR count). The van der Waals surface area contributed by atoms with Crippen LogP contribution >= 0.6 is 0 Å². The van der Waals surface area contributed by atoms with Crippen molar-refractivity contribution in [3.8, 4) is 0 Å². The first kappa shape index (κ1) is 16.5. The zero-order valence-electron chi connectivity index (χ0n) is 13.9. The summed E-state index contributed by atoms with van der Waals surface area (Å²) in [5.74, 6) is 0.754. The molecule has 1 saturated heterocycles. The molecule has 0 aromatic heterocycles. The highest BCUT2D eigenvalue weighted by Crippen LogP contribution is 2.28. The number of nitrogens with two attached hydrogens (primary N) is 1. The molecule has 21 heavy (non-hydrogen) atoms. The van der Waals surface area contributed by atoms with Gasteiger partial charge in [0.15, 0.2) is 0 Å². The molecule has 1 heterocycles. The van der Waals surface area contributed by atoms with Crippen molar-refractivity contribution in [1.29, 1.82) is 0 Å². The summed E-state index contributed by atoms with van der Waals surface area (Å²) in [6.07, 6.45) is 2.43. The molecular formula is C18H31N3. The first-order valence-electron chi connectivity index (χ1n) is 8.23. The average molecular weight is 289 g/mol. The van der Waals surface area contributed by atoms with Crippen LogP contribution < -0.4 is 5.73 Å². The summed E-state index contributed by atoms with van der Waals surface area (Å²) >= 11 is 0. The fourth-order valence-electron chi connectivity index (χ4n) is 3.24. The summed E-state index contributed by atoms with van der Waals surface area (Å²) in [6, 6.07) is 10.7. The van der Waals surface area contributed by atoms with Gasteiger partial charge < -0.3 is 5.73 Å². The van der Waals surface area contributed by atoms with E-state index in [2.05, 4.69) is 61.0 Å². The van der Waals surface area contributed by atoms with Crippen LogP contribution in [0.2, 0.25) is 0 Å². The van der Waals surface area contributed by atoms with Gasteiger partial charge in [-0.2, -0.15) is 0 Å². The Hall–Kier alpha value is -0.900. The van der Waals surface area contributed by atoms with Gasteiger partial charge in [0.1, 0.15) is 0 Å². The van der Waals surface area contributed by atoms with E-state index in [4.69, 9.17) is 5.73 Å². The number of nitrogens with zero attached hydrogens (tertiary/aromatic N) is 2. The normalized spacial score (nSPS) is 23.3. The minimum absolute atomic E-state index is 0.170. The lowest BCUT2D eigenvalue weighted by molar-refractivity contribution is 0.122. The first-order valence-corrected chi connectivity index (χ1v) is 8.23. The molecule has 3 nitrogen and oxygen atoms in total. The molecule has 1 aromatic carbocycles. The van der Waals surface area contributed by atoms with E-state index in [-0.39, 0.29) is 5.54 Å². The smallest absolute Gasteiger partial charge is 0.0467 e. The van der Waals surface area contributed by atoms with E-state index in [1.165, 1.54) is 18.4 Å². The number of hydrogen-bond acceptors (Lipinski definition) is 3. The Morgan fingerprint density at radius 1 is 1.29 bits per heavy atom. The van der Waals surface area contributed by atoms with E-state index >= 15 is 0 Å². The summed E-state index contributed by atoms with van der Waals surface area (Å²) in [6.45, 7) is 9.77. The SMILES string of the molecule is CC(C)CCN(C)C1(CN)CCN(Cc2ccccc2)C1. The fraction of sp³-hybridized carbons (Fsp3) is 0.667. The Kier molecular flexibility index (Phi) is 5.80. The van der Waals surface area contributed by atoms with Crippen molar-refractivity contribution in [3.05, 3.63) is 35.9 Å². The molecule has 0 spiro atoms. The zero-order valence-corrected chi connectivity index (χ0v) is 13.9. The highest BCUT2D eigenvalue weighted by Gasteiger charge is 2.39. The molecule has 1 aliphatic heterocycles. The molecule has 2 N–H and O–H groups in total. The molecule has 0 bridgehead atoms. The number of hydrogen-bond donors (Lipinski definition) is 1. The maximum atomic E-state index is 6.16. The highest BCUT2D eigenvalue weighted by molar-refractivity contribution is 5.15. The Morgan fingerprint density at radius 3 is 2.62 bits per heavy atom. The van der Waals surface area contributed by atoms with Crippen LogP contribution in [-0.4, -0.2) is 48.6 Å². The van der Waals surface area contributed by atoms with Gasteiger partial charge in [-0.05, 0) is 37.9 Å². The van der Waals surface area contributed by atoms with Gasteiger partial charge in [0.2, 0.25) is 0 Å². The summed E-state index contributed by atoms with van der Waals surface area (Å²) in [4.78, 5) is 5.06. The van der Waals surface area contributed by atoms with Gasteiger partial charge >= 0.3 is 0 Å². The number of likely N-dealkylation sites (N-methyl/N-ethyl adjacent to an activating group) is 1. The molecule has 0 amide bonds. The topological polar surface area (TPSA) is 32.5 Å². The Morgan fingerprint density at radius 2 is 2.00 bits per heavy atom. The van der Waals surface area contributed by atoms with E-state index in [1.807, 2.05) is 0 Å². The van der Waals surface area contributed by atoms with Crippen LogP contribution in [0.5, 0.6) is 0 Å². The van der Waals surface area contributed by atoms with Crippen LogP contribution in [0.15, 0.2) is 30.3 Å². The van der Waals surface area contributed by atoms with Gasteiger partial charge in [0.05, 0.1) is 0 Å². The molecule has 0 radical (unpaired) electrons. The third-order valence-electron chi connectivity index (χ3n) is 4.89. The first-order chi connectivity index (χ1) is 10.1. The van der Waals surface area contributed by atoms with Gasteiger partial charge in [0.25, 0.3) is 0 Å². The second-order valence-electron chi connectivity index (χ2n) is 6.98. The van der Waals surface area contributed by atoms with Crippen LogP contribution in [0.4, 0.5) is 0 Å². The lowest BCUT2D eigenvalue weighted by Crippen LogP contribution is -2.54. The fourth-order valence-corrected chi connectivity index (χ4v) is 3.24. The quantitative estimate of drug-likeness (QED) is 0.837. The van der Waals surface area contributed by atoms with Crippen molar-refractivity contribution < 1.29 is 0 Å². The Balaban J connectivity index is 1.93. The molecule has 3 heteroatoms. The van der Waals surface area contributed by atoms with Gasteiger partial charge in [-0.15, -0.1) is 0 Å². The third-order valence-corrected chi connectivity index (χ3v) is 4.89. The molecule has 1 unspecified atom stereocenters. The van der Waals surface area contributed by atoms with Gasteiger partial charge in [-0.3, -0.25) is 9.80 Å². The van der Waals surface area contributed by atoms with Crippen LogP contribution in [0.1, 0.15) is 32.3 Å². The zero-order chi connectivity index (χ0) is 15.3. The van der Waals surface area contributed by atoms with Gasteiger partial charge in [0, 0.05) is 31.7 Å². The standard InChI is InChI=1S/C18H31N3/c1-16(2)9-11-20(3)18(14-19)10-12-21(15-18)13-17-7-5-4-6-8-17/h4-8,16H,9-15,19H2,1-3H3. The minimum Gasteiger partial charge on any atom is -0.329 e. The molecule has 1 atom stereocenters. The predicted octanol–water partition coefficient (Wildman–Crippen LogP) is 2.57. The van der Waals surface area contributed by atoms with E-state index in [1.54, 1.807) is 0 Å². The molecular weight excluding hydrogens is 258 g/mol. The Bertz CT molecular complexity index is 418. The monoisotopic (exact) mass is 289 g/mol. The third kappa shape index (κ3) is 4.29. The second-order valence-corrected chi connectivity index (χ2v) is 6.98. The summed E-state index contributed by atoms with van der Waals surface area (Å²) in [5, 5.41) is 0. The van der Waals surface area contributed by atoms with Crippen LogP contribution in [0, 0.1) is 5.92 Å². The van der Waals surface area contributed by atoms with Crippen LogP contribution in [0.25, 0.3) is 0 Å². The molecule has 0 aliphatic carbocycles. The average Bonchev–Trinajstić information content (AvgIpc) is 2.90. The van der Waals surface area contributed by atoms with Crippen LogP contribution in [0.3, 0.4) is 0 Å². The Labute approximate surface area is 130 Å². The van der Waals surface area contributed by atoms with Crippen molar-refractivity contribution in [2.24, 2.45) is 11.7 Å². The highest BCUT2D eigenvalue weighted by atomic mass is 15.3. The molecule has 0 saturated carbocycles. The lowest BCUT2D eigenvalue weighted by Gasteiger charge is -2.38. The minimum atomic E-state index is 0.170. The second kappa shape index (κ2) is 7.39. The molecule has 1 aromatic rings. The number of rotatable bonds is 7. The molecule has 118 valence electrons.